The molecule has 0 saturated carbocycles. The highest BCUT2D eigenvalue weighted by Gasteiger charge is 2.25. The van der Waals surface area contributed by atoms with E-state index in [-0.39, 0.29) is 17.5 Å². The number of aromatic nitrogens is 2. The summed E-state index contributed by atoms with van der Waals surface area (Å²) in [6.07, 6.45) is 5.95. The van der Waals surface area contributed by atoms with Gasteiger partial charge in [-0.2, -0.15) is 0 Å². The summed E-state index contributed by atoms with van der Waals surface area (Å²) in [6.45, 7) is 4.98. The predicted molar refractivity (Wildman–Crippen MR) is 117 cm³/mol. The zero-order valence-corrected chi connectivity index (χ0v) is 18.7. The van der Waals surface area contributed by atoms with Crippen LogP contribution >= 0.6 is 11.6 Å². The molecule has 6 nitrogen and oxygen atoms in total. The molecule has 7 heteroatoms. The molecule has 0 aliphatic heterocycles. The summed E-state index contributed by atoms with van der Waals surface area (Å²) < 4.78 is 6.72. The van der Waals surface area contributed by atoms with Gasteiger partial charge in [0.15, 0.2) is 0 Å². The molecule has 1 heterocycles. The second-order valence-electron chi connectivity index (χ2n) is 7.42. The predicted octanol–water partition coefficient (Wildman–Crippen LogP) is 4.48. The summed E-state index contributed by atoms with van der Waals surface area (Å²) in [5.41, 5.74) is 0.413. The van der Waals surface area contributed by atoms with Crippen LogP contribution in [0.2, 0.25) is 5.02 Å². The first kappa shape index (κ1) is 23.4. The van der Waals surface area contributed by atoms with E-state index in [4.69, 9.17) is 16.3 Å². The molecule has 2 aromatic rings. The number of hydrogen-bond donors (Lipinski definition) is 0. The van der Waals surface area contributed by atoms with Gasteiger partial charge in [0.05, 0.1) is 23.6 Å². The fourth-order valence-corrected chi connectivity index (χ4v) is 3.69. The number of carbonyl (C=O) groups is 1. The van der Waals surface area contributed by atoms with Gasteiger partial charge in [0, 0.05) is 32.1 Å². The van der Waals surface area contributed by atoms with Crippen LogP contribution in [-0.4, -0.2) is 40.6 Å². The van der Waals surface area contributed by atoms with Crippen LogP contribution in [0.15, 0.2) is 23.0 Å². The summed E-state index contributed by atoms with van der Waals surface area (Å²) in [5.74, 6) is 0.622. The number of carbonyl (C=O) groups excluding carboxylic acids is 1. The number of nitrogens with zero attached hydrogens (tertiary/aromatic N) is 3. The Hall–Kier alpha value is -1.92. The van der Waals surface area contributed by atoms with E-state index in [1.54, 1.807) is 37.3 Å². The Morgan fingerprint density at radius 2 is 2.00 bits per heavy atom. The second kappa shape index (κ2) is 11.3. The molecule has 0 saturated heterocycles. The van der Waals surface area contributed by atoms with Crippen molar-refractivity contribution in [2.75, 3.05) is 20.3 Å². The van der Waals surface area contributed by atoms with Crippen molar-refractivity contribution >= 4 is 28.4 Å². The maximum atomic E-state index is 12.9. The first-order valence-electron chi connectivity index (χ1n) is 10.3. The fourth-order valence-electron chi connectivity index (χ4n) is 3.52. The van der Waals surface area contributed by atoms with Crippen LogP contribution < -0.4 is 5.56 Å². The van der Waals surface area contributed by atoms with E-state index in [0.717, 1.165) is 19.3 Å². The summed E-state index contributed by atoms with van der Waals surface area (Å²) in [4.78, 5) is 32.2. The largest absolute Gasteiger partial charge is 0.383 e. The number of hydrogen-bond acceptors (Lipinski definition) is 4. The van der Waals surface area contributed by atoms with Gasteiger partial charge in [-0.25, -0.2) is 4.98 Å². The Kier molecular flexibility index (Phi) is 9.11. The third kappa shape index (κ3) is 6.03. The topological polar surface area (TPSA) is 64.4 Å². The number of rotatable bonds is 11. The Balaban J connectivity index is 2.27. The molecule has 0 spiro atoms. The van der Waals surface area contributed by atoms with Gasteiger partial charge in [-0.1, -0.05) is 44.2 Å². The van der Waals surface area contributed by atoms with E-state index >= 15 is 0 Å². The minimum absolute atomic E-state index is 0.0662. The minimum atomic E-state index is -0.342. The average Bonchev–Trinajstić information content (AvgIpc) is 2.71. The lowest BCUT2D eigenvalue weighted by atomic mass is 10.1. The normalized spacial score (nSPS) is 12.3. The van der Waals surface area contributed by atoms with E-state index < -0.39 is 0 Å². The molecule has 0 bridgehead atoms. The molecular formula is C22H32ClN3O3. The lowest BCUT2D eigenvalue weighted by Gasteiger charge is -2.30. The zero-order valence-electron chi connectivity index (χ0n) is 17.9. The smallest absolute Gasteiger partial charge is 0.261 e. The highest BCUT2D eigenvalue weighted by atomic mass is 35.5. The number of amides is 1. The lowest BCUT2D eigenvalue weighted by molar-refractivity contribution is -0.134. The van der Waals surface area contributed by atoms with Gasteiger partial charge in [0.1, 0.15) is 5.82 Å². The Morgan fingerprint density at radius 3 is 2.69 bits per heavy atom. The molecule has 0 fully saturated rings. The molecule has 0 N–H and O–H groups in total. The zero-order chi connectivity index (χ0) is 21.4. The summed E-state index contributed by atoms with van der Waals surface area (Å²) in [7, 11) is 3.30. The molecule has 2 rings (SSSR count). The summed E-state index contributed by atoms with van der Waals surface area (Å²) in [5, 5.41) is 0.971. The average molecular weight is 422 g/mol. The molecule has 1 amide bonds. The van der Waals surface area contributed by atoms with E-state index in [9.17, 15) is 9.59 Å². The first-order valence-corrected chi connectivity index (χ1v) is 10.7. The van der Waals surface area contributed by atoms with Crippen molar-refractivity contribution in [1.82, 2.24) is 14.5 Å². The van der Waals surface area contributed by atoms with Crippen LogP contribution in [0.3, 0.4) is 0 Å². The third-order valence-corrected chi connectivity index (χ3v) is 5.50. The molecule has 1 aromatic carbocycles. The van der Waals surface area contributed by atoms with Gasteiger partial charge in [-0.15, -0.1) is 0 Å². The Labute approximate surface area is 177 Å². The van der Waals surface area contributed by atoms with Crippen molar-refractivity contribution in [2.45, 2.75) is 58.4 Å². The van der Waals surface area contributed by atoms with Crippen LogP contribution in [0.4, 0.5) is 0 Å². The van der Waals surface area contributed by atoms with Crippen LogP contribution in [-0.2, 0) is 16.6 Å². The molecule has 0 aliphatic carbocycles. The third-order valence-electron chi connectivity index (χ3n) is 5.26. The second-order valence-corrected chi connectivity index (χ2v) is 7.85. The number of fused-ring (bicyclic) bond motifs is 1. The van der Waals surface area contributed by atoms with E-state index in [0.29, 0.717) is 41.3 Å². The van der Waals surface area contributed by atoms with Crippen molar-refractivity contribution in [2.24, 2.45) is 7.05 Å². The molecule has 29 heavy (non-hydrogen) atoms. The summed E-state index contributed by atoms with van der Waals surface area (Å²) in [6, 6.07) is 4.75. The molecule has 1 aromatic heterocycles. The SMILES string of the molecule is CCCCCCCC(=O)N(CCOC)C(C)c1nc2ccc(Cl)cc2c(=O)n1C. The monoisotopic (exact) mass is 421 g/mol. The van der Waals surface area contributed by atoms with Gasteiger partial charge in [-0.3, -0.25) is 14.2 Å². The van der Waals surface area contributed by atoms with E-state index in [1.807, 2.05) is 6.92 Å². The van der Waals surface area contributed by atoms with Crippen molar-refractivity contribution < 1.29 is 9.53 Å². The van der Waals surface area contributed by atoms with Gasteiger partial charge < -0.3 is 9.64 Å². The number of unbranched alkanes of at least 4 members (excludes halogenated alkanes) is 4. The highest BCUT2D eigenvalue weighted by Crippen LogP contribution is 2.22. The van der Waals surface area contributed by atoms with Crippen LogP contribution in [0.1, 0.15) is 64.2 Å². The quantitative estimate of drug-likeness (QED) is 0.501. The highest BCUT2D eigenvalue weighted by molar-refractivity contribution is 6.31. The van der Waals surface area contributed by atoms with Crippen LogP contribution in [0, 0.1) is 0 Å². The molecule has 1 atom stereocenters. The van der Waals surface area contributed by atoms with Gasteiger partial charge in [0.25, 0.3) is 5.56 Å². The fraction of sp³-hybridized carbons (Fsp3) is 0.591. The Bertz CT molecular complexity index is 881. The summed E-state index contributed by atoms with van der Waals surface area (Å²) >= 11 is 6.03. The standard InChI is InChI=1S/C22H32ClN3O3/c1-5-6-7-8-9-10-20(27)26(13-14-29-4)16(2)21-24-19-12-11-17(23)15-18(19)22(28)25(21)3/h11-12,15-16H,5-10,13-14H2,1-4H3. The van der Waals surface area contributed by atoms with Crippen LogP contribution in [0.5, 0.6) is 0 Å². The molecule has 160 valence electrons. The number of methoxy groups -OCH3 is 1. The number of halogens is 1. The van der Waals surface area contributed by atoms with Gasteiger partial charge >= 0.3 is 0 Å². The van der Waals surface area contributed by atoms with Crippen molar-refractivity contribution in [1.29, 1.82) is 0 Å². The van der Waals surface area contributed by atoms with Gasteiger partial charge in [0.2, 0.25) is 5.91 Å². The lowest BCUT2D eigenvalue weighted by Crippen LogP contribution is -2.39. The Morgan fingerprint density at radius 1 is 1.28 bits per heavy atom. The molecule has 1 unspecified atom stereocenters. The molecule has 0 radical (unpaired) electrons. The van der Waals surface area contributed by atoms with Gasteiger partial charge in [-0.05, 0) is 31.5 Å². The first-order chi connectivity index (χ1) is 13.9. The van der Waals surface area contributed by atoms with Crippen molar-refractivity contribution in [3.05, 3.63) is 39.4 Å². The maximum absolute atomic E-state index is 12.9. The molecule has 0 aliphatic rings. The van der Waals surface area contributed by atoms with Crippen LogP contribution in [0.25, 0.3) is 10.9 Å². The number of ether oxygens (including phenoxy) is 1. The van der Waals surface area contributed by atoms with Crippen molar-refractivity contribution in [3.63, 3.8) is 0 Å². The number of benzene rings is 1. The van der Waals surface area contributed by atoms with E-state index in [2.05, 4.69) is 11.9 Å². The minimum Gasteiger partial charge on any atom is -0.383 e. The molecular weight excluding hydrogens is 390 g/mol. The van der Waals surface area contributed by atoms with E-state index in [1.165, 1.54) is 17.4 Å². The van der Waals surface area contributed by atoms with Crippen molar-refractivity contribution in [3.8, 4) is 0 Å². The maximum Gasteiger partial charge on any atom is 0.261 e.